The number of carbonyl (C=O) groups is 1. The Morgan fingerprint density at radius 2 is 2.29 bits per heavy atom. The van der Waals surface area contributed by atoms with Crippen LogP contribution in [0.3, 0.4) is 0 Å². The lowest BCUT2D eigenvalue weighted by molar-refractivity contribution is -0.138. The van der Waals surface area contributed by atoms with Crippen LogP contribution in [0, 0.1) is 5.92 Å². The normalized spacial score (nSPS) is 24.7. The minimum atomic E-state index is -0.763. The summed E-state index contributed by atoms with van der Waals surface area (Å²) in [5.74, 6) is -0.995. The molecule has 1 aliphatic carbocycles. The molecule has 1 aromatic heterocycles. The Hall–Kier alpha value is -0.800. The van der Waals surface area contributed by atoms with Crippen molar-refractivity contribution in [1.82, 2.24) is 4.98 Å². The smallest absolute Gasteiger partial charge is 0.307 e. The molecule has 2 atom stereocenters. The minimum Gasteiger partial charge on any atom is -0.481 e. The van der Waals surface area contributed by atoms with Crippen molar-refractivity contribution in [2.45, 2.75) is 12.3 Å². The summed E-state index contributed by atoms with van der Waals surface area (Å²) in [4.78, 5) is 14.5. The number of carboxylic acid groups (broad SMARTS) is 1. The second kappa shape index (κ2) is 3.41. The van der Waals surface area contributed by atoms with Gasteiger partial charge in [0.2, 0.25) is 0 Å². The third-order valence-corrected chi connectivity index (χ3v) is 3.04. The van der Waals surface area contributed by atoms with E-state index in [9.17, 15) is 4.79 Å². The number of aliphatic carboxylic acids is 1. The first-order valence-corrected chi connectivity index (χ1v) is 4.89. The predicted molar refractivity (Wildman–Crippen MR) is 52.7 cm³/mol. The molecular formula is C9H7Cl2NO2. The van der Waals surface area contributed by atoms with Crippen LogP contribution in [0.15, 0.2) is 12.3 Å². The molecule has 3 nitrogen and oxygen atoms in total. The van der Waals surface area contributed by atoms with Gasteiger partial charge in [0.05, 0.1) is 10.9 Å². The van der Waals surface area contributed by atoms with Crippen LogP contribution in [-0.4, -0.2) is 16.1 Å². The van der Waals surface area contributed by atoms with Gasteiger partial charge in [-0.3, -0.25) is 4.79 Å². The van der Waals surface area contributed by atoms with Crippen LogP contribution >= 0.6 is 23.2 Å². The lowest BCUT2D eigenvalue weighted by atomic mass is 10.1. The first-order chi connectivity index (χ1) is 6.59. The van der Waals surface area contributed by atoms with E-state index in [1.165, 1.54) is 0 Å². The van der Waals surface area contributed by atoms with Crippen LogP contribution in [-0.2, 0) is 4.79 Å². The molecule has 14 heavy (non-hydrogen) atoms. The van der Waals surface area contributed by atoms with Gasteiger partial charge in [-0.05, 0) is 24.0 Å². The second-order valence-corrected chi connectivity index (χ2v) is 4.09. The van der Waals surface area contributed by atoms with E-state index in [1.807, 2.05) is 0 Å². The highest BCUT2D eigenvalue weighted by atomic mass is 35.5. The molecule has 5 heteroatoms. The zero-order valence-corrected chi connectivity index (χ0v) is 8.59. The van der Waals surface area contributed by atoms with Gasteiger partial charge in [0, 0.05) is 6.20 Å². The summed E-state index contributed by atoms with van der Waals surface area (Å²) in [5, 5.41) is 9.36. The van der Waals surface area contributed by atoms with Crippen molar-refractivity contribution in [1.29, 1.82) is 0 Å². The van der Waals surface area contributed by atoms with E-state index < -0.39 is 5.97 Å². The predicted octanol–water partition coefficient (Wildman–Crippen LogP) is 2.58. The fourth-order valence-corrected chi connectivity index (χ4v) is 1.75. The first kappa shape index (κ1) is 9.74. The molecule has 0 unspecified atom stereocenters. The average molecular weight is 232 g/mol. The average Bonchev–Trinajstić information content (AvgIpc) is 2.89. The lowest BCUT2D eigenvalue weighted by Crippen LogP contribution is -1.99. The molecule has 1 heterocycles. The van der Waals surface area contributed by atoms with Crippen LogP contribution < -0.4 is 0 Å². The Morgan fingerprint density at radius 1 is 1.57 bits per heavy atom. The monoisotopic (exact) mass is 231 g/mol. The Morgan fingerprint density at radius 3 is 2.79 bits per heavy atom. The molecule has 0 saturated heterocycles. The van der Waals surface area contributed by atoms with Crippen LogP contribution in [0.4, 0.5) is 0 Å². The van der Waals surface area contributed by atoms with Gasteiger partial charge in [-0.2, -0.15) is 0 Å². The van der Waals surface area contributed by atoms with Crippen molar-refractivity contribution < 1.29 is 9.90 Å². The summed E-state index contributed by atoms with van der Waals surface area (Å²) < 4.78 is 0. The van der Waals surface area contributed by atoms with Crippen molar-refractivity contribution in [2.24, 2.45) is 5.92 Å². The number of rotatable bonds is 2. The van der Waals surface area contributed by atoms with E-state index in [0.29, 0.717) is 11.4 Å². The number of nitrogens with zero attached hydrogens (tertiary/aromatic N) is 1. The third-order valence-electron chi connectivity index (χ3n) is 2.35. The van der Waals surface area contributed by atoms with Crippen molar-refractivity contribution in [3.63, 3.8) is 0 Å². The first-order valence-electron chi connectivity index (χ1n) is 4.13. The zero-order valence-electron chi connectivity index (χ0n) is 7.08. The molecule has 0 radical (unpaired) electrons. The number of aromatic nitrogens is 1. The number of hydrogen-bond donors (Lipinski definition) is 1. The summed E-state index contributed by atoms with van der Waals surface area (Å²) in [6.45, 7) is 0. The van der Waals surface area contributed by atoms with Gasteiger partial charge in [0.15, 0.2) is 0 Å². The Labute approximate surface area is 90.7 Å². The summed E-state index contributed by atoms with van der Waals surface area (Å²) >= 11 is 11.4. The molecule has 1 saturated carbocycles. The van der Waals surface area contributed by atoms with Crippen molar-refractivity contribution in [2.75, 3.05) is 0 Å². The molecule has 0 aliphatic heterocycles. The third kappa shape index (κ3) is 1.70. The maximum atomic E-state index is 10.6. The molecule has 0 amide bonds. The number of carboxylic acids is 1. The molecule has 0 spiro atoms. The summed E-state index contributed by atoms with van der Waals surface area (Å²) in [7, 11) is 0. The quantitative estimate of drug-likeness (QED) is 0.797. The summed E-state index contributed by atoms with van der Waals surface area (Å²) in [5.41, 5.74) is 0.854. The van der Waals surface area contributed by atoms with E-state index in [2.05, 4.69) is 4.98 Å². The van der Waals surface area contributed by atoms with Gasteiger partial charge in [-0.15, -0.1) is 0 Å². The van der Waals surface area contributed by atoms with Gasteiger partial charge in [0.25, 0.3) is 0 Å². The van der Waals surface area contributed by atoms with Gasteiger partial charge >= 0.3 is 5.97 Å². The Bertz CT molecular complexity index is 394. The molecule has 1 fully saturated rings. The van der Waals surface area contributed by atoms with Crippen molar-refractivity contribution in [3.8, 4) is 0 Å². The highest BCUT2D eigenvalue weighted by molar-refractivity contribution is 6.41. The van der Waals surface area contributed by atoms with Crippen molar-refractivity contribution in [3.05, 3.63) is 28.0 Å². The van der Waals surface area contributed by atoms with Crippen LogP contribution in [0.2, 0.25) is 10.2 Å². The van der Waals surface area contributed by atoms with Crippen LogP contribution in [0.25, 0.3) is 0 Å². The fourth-order valence-electron chi connectivity index (χ4n) is 1.48. The summed E-state index contributed by atoms with van der Waals surface area (Å²) in [6.07, 6.45) is 2.25. The summed E-state index contributed by atoms with van der Waals surface area (Å²) in [6, 6.07) is 1.69. The fraction of sp³-hybridized carbons (Fsp3) is 0.333. The zero-order chi connectivity index (χ0) is 10.3. The SMILES string of the molecule is O=C(O)[C@@H]1C[C@H]1c1cnc(Cl)c(Cl)c1. The number of halogens is 2. The van der Waals surface area contributed by atoms with Crippen LogP contribution in [0.1, 0.15) is 17.9 Å². The molecule has 2 rings (SSSR count). The van der Waals surface area contributed by atoms with E-state index in [4.69, 9.17) is 28.3 Å². The second-order valence-electron chi connectivity index (χ2n) is 3.33. The maximum Gasteiger partial charge on any atom is 0.307 e. The topological polar surface area (TPSA) is 50.2 Å². The Balaban J connectivity index is 2.20. The van der Waals surface area contributed by atoms with Gasteiger partial charge in [0.1, 0.15) is 5.15 Å². The number of hydrogen-bond acceptors (Lipinski definition) is 2. The molecule has 74 valence electrons. The van der Waals surface area contributed by atoms with Gasteiger partial charge in [-0.1, -0.05) is 23.2 Å². The van der Waals surface area contributed by atoms with E-state index >= 15 is 0 Å². The van der Waals surface area contributed by atoms with Gasteiger partial charge < -0.3 is 5.11 Å². The van der Waals surface area contributed by atoms with E-state index in [1.54, 1.807) is 12.3 Å². The van der Waals surface area contributed by atoms with Crippen molar-refractivity contribution >= 4 is 29.2 Å². The van der Waals surface area contributed by atoms with Crippen LogP contribution in [0.5, 0.6) is 0 Å². The maximum absolute atomic E-state index is 10.6. The molecule has 1 aromatic rings. The minimum absolute atomic E-state index is 0.0507. The Kier molecular flexibility index (Phi) is 2.37. The molecule has 1 N–H and O–H groups in total. The largest absolute Gasteiger partial charge is 0.481 e. The number of pyridine rings is 1. The van der Waals surface area contributed by atoms with E-state index in [0.717, 1.165) is 5.56 Å². The molecule has 0 aromatic carbocycles. The standard InChI is InChI=1S/C9H7Cl2NO2/c10-7-1-4(3-12-8(7)11)5-2-6(5)9(13)14/h1,3,5-6H,2H2,(H,13,14)/t5-,6+/m0/s1. The molecule has 1 aliphatic rings. The van der Waals surface area contributed by atoms with Gasteiger partial charge in [-0.25, -0.2) is 4.98 Å². The van der Waals surface area contributed by atoms with E-state index in [-0.39, 0.29) is 17.0 Å². The molecule has 0 bridgehead atoms. The highest BCUT2D eigenvalue weighted by Crippen LogP contribution is 2.48. The molecular weight excluding hydrogens is 225 g/mol. The highest BCUT2D eigenvalue weighted by Gasteiger charge is 2.44. The lowest BCUT2D eigenvalue weighted by Gasteiger charge is -1.99.